The summed E-state index contributed by atoms with van der Waals surface area (Å²) in [6, 6.07) is 4.71. The zero-order valence-electron chi connectivity index (χ0n) is 15.1. The van der Waals surface area contributed by atoms with Gasteiger partial charge in [-0.05, 0) is 0 Å². The predicted molar refractivity (Wildman–Crippen MR) is 92.7 cm³/mol. The molecule has 0 saturated heterocycles. The first-order chi connectivity index (χ1) is 10.0. The Morgan fingerprint density at radius 1 is 1.00 bits per heavy atom. The second-order valence-corrected chi connectivity index (χ2v) is 9.03. The molecule has 1 aromatic rings. The minimum absolute atomic E-state index is 0. The SMILES string of the molecule is CCCCCC1=[C]([Ti+3])C([SiH2]c2c(C)cc(C)cc2C)=CC1.[Cl-].[Cl-].[Cl-]. The molecule has 0 aliphatic heterocycles. The van der Waals surface area contributed by atoms with E-state index in [0.29, 0.717) is 0 Å². The molecule has 132 valence electrons. The number of benzene rings is 1. The minimum atomic E-state index is -0.313. The molecule has 0 heterocycles. The molecule has 0 atom stereocenters. The van der Waals surface area contributed by atoms with Crippen molar-refractivity contribution in [2.75, 3.05) is 0 Å². The molecule has 1 aromatic carbocycles. The summed E-state index contributed by atoms with van der Waals surface area (Å²) < 4.78 is 1.64. The second-order valence-electron chi connectivity index (χ2n) is 6.42. The van der Waals surface area contributed by atoms with E-state index in [1.54, 1.807) is 19.8 Å². The molecule has 0 nitrogen and oxygen atoms in total. The Labute approximate surface area is 180 Å². The van der Waals surface area contributed by atoms with Crippen molar-refractivity contribution in [3.05, 3.63) is 49.5 Å². The maximum absolute atomic E-state index is 2.53. The zero-order valence-corrected chi connectivity index (χ0v) is 20.4. The smallest absolute Gasteiger partial charge is 1.00 e. The molecule has 0 N–H and O–H groups in total. The molecule has 0 amide bonds. The van der Waals surface area contributed by atoms with Crippen molar-refractivity contribution in [2.45, 2.75) is 59.8 Å². The van der Waals surface area contributed by atoms with E-state index in [-0.39, 0.29) is 46.7 Å². The molecule has 0 aromatic heterocycles. The summed E-state index contributed by atoms with van der Waals surface area (Å²) in [4.78, 5) is 0. The zero-order chi connectivity index (χ0) is 15.4. The van der Waals surface area contributed by atoms with Crippen LogP contribution in [0.5, 0.6) is 0 Å². The third-order valence-corrected chi connectivity index (χ3v) is 8.66. The number of rotatable bonds is 6. The summed E-state index contributed by atoms with van der Waals surface area (Å²) in [6.45, 7) is 9.07. The number of unbranched alkanes of at least 4 members (excludes halogenated alkanes) is 2. The summed E-state index contributed by atoms with van der Waals surface area (Å²) in [6.07, 6.45) is 9.14. The quantitative estimate of drug-likeness (QED) is 0.309. The second kappa shape index (κ2) is 12.8. The van der Waals surface area contributed by atoms with Crippen LogP contribution in [-0.4, -0.2) is 9.52 Å². The van der Waals surface area contributed by atoms with Gasteiger partial charge < -0.3 is 37.2 Å². The number of hydrogen-bond acceptors (Lipinski definition) is 0. The van der Waals surface area contributed by atoms with Gasteiger partial charge in [-0.2, -0.15) is 0 Å². The van der Waals surface area contributed by atoms with Crippen molar-refractivity contribution in [1.82, 2.24) is 0 Å². The van der Waals surface area contributed by atoms with Crippen molar-refractivity contribution in [2.24, 2.45) is 0 Å². The summed E-state index contributed by atoms with van der Waals surface area (Å²) in [5.41, 5.74) is 6.13. The van der Waals surface area contributed by atoms with Crippen LogP contribution in [0.15, 0.2) is 32.9 Å². The maximum Gasteiger partial charge on any atom is -1.00 e. The Morgan fingerprint density at radius 2 is 1.58 bits per heavy atom. The number of aryl methyl sites for hydroxylation is 3. The van der Waals surface area contributed by atoms with Gasteiger partial charge in [0.2, 0.25) is 0 Å². The van der Waals surface area contributed by atoms with Crippen molar-refractivity contribution in [3.63, 3.8) is 0 Å². The van der Waals surface area contributed by atoms with Gasteiger partial charge in [-0.15, -0.1) is 0 Å². The van der Waals surface area contributed by atoms with Gasteiger partial charge in [-0.1, -0.05) is 0 Å². The normalized spacial score (nSPS) is 13.5. The van der Waals surface area contributed by atoms with Crippen molar-refractivity contribution in [3.8, 4) is 0 Å². The maximum atomic E-state index is 2.53. The van der Waals surface area contributed by atoms with E-state index >= 15 is 0 Å². The van der Waals surface area contributed by atoms with E-state index in [0.717, 1.165) is 0 Å². The van der Waals surface area contributed by atoms with E-state index in [1.165, 1.54) is 48.8 Å². The molecule has 2 rings (SSSR count). The van der Waals surface area contributed by atoms with E-state index in [2.05, 4.69) is 66.3 Å². The van der Waals surface area contributed by atoms with E-state index < -0.39 is 0 Å². The Kier molecular flexibility index (Phi) is 14.2. The van der Waals surface area contributed by atoms with Gasteiger partial charge >= 0.3 is 144 Å². The summed E-state index contributed by atoms with van der Waals surface area (Å²) >= 11 is 2.37. The molecule has 0 unspecified atom stereocenters. The number of halogens is 3. The van der Waals surface area contributed by atoms with Crippen LogP contribution in [0.4, 0.5) is 0 Å². The minimum Gasteiger partial charge on any atom is -1.00 e. The first-order valence-corrected chi connectivity index (χ1v) is 10.4. The molecule has 0 bridgehead atoms. The molecule has 24 heavy (non-hydrogen) atoms. The summed E-state index contributed by atoms with van der Waals surface area (Å²) in [5.74, 6) is 0. The van der Waals surface area contributed by atoms with Crippen molar-refractivity contribution >= 4 is 14.7 Å². The summed E-state index contributed by atoms with van der Waals surface area (Å²) in [5, 5.41) is 3.37. The van der Waals surface area contributed by atoms with Crippen LogP contribution in [0.3, 0.4) is 0 Å². The van der Waals surface area contributed by atoms with Crippen LogP contribution in [0, 0.1) is 20.8 Å². The van der Waals surface area contributed by atoms with Crippen molar-refractivity contribution in [1.29, 1.82) is 0 Å². The molecule has 1 aliphatic carbocycles. The molecule has 0 saturated carbocycles. The Hall–Kier alpha value is 0.501. The molecule has 0 fully saturated rings. The molecule has 1 aliphatic rings. The molecular formula is C19H27Cl3SiTi. The van der Waals surface area contributed by atoms with Gasteiger partial charge in [-0.25, -0.2) is 0 Å². The average molecular weight is 438 g/mol. The fraction of sp³-hybridized carbons (Fsp3) is 0.474. The van der Waals surface area contributed by atoms with Crippen LogP contribution in [0.2, 0.25) is 0 Å². The van der Waals surface area contributed by atoms with Gasteiger partial charge in [0.05, 0.1) is 0 Å². The van der Waals surface area contributed by atoms with Gasteiger partial charge in [0.25, 0.3) is 0 Å². The Morgan fingerprint density at radius 3 is 2.12 bits per heavy atom. The first-order valence-electron chi connectivity index (χ1n) is 8.22. The molecule has 5 heteroatoms. The predicted octanol–water partition coefficient (Wildman–Crippen LogP) is -4.91. The first kappa shape index (κ1) is 26.7. The van der Waals surface area contributed by atoms with Gasteiger partial charge in [0, 0.05) is 0 Å². The molecule has 0 radical (unpaired) electrons. The topological polar surface area (TPSA) is 0 Å². The van der Waals surface area contributed by atoms with E-state index in [9.17, 15) is 0 Å². The Bertz CT molecular complexity index is 571. The largest absolute Gasteiger partial charge is 1.00 e. The fourth-order valence-electron chi connectivity index (χ4n) is 3.33. The Balaban J connectivity index is 0. The van der Waals surface area contributed by atoms with Gasteiger partial charge in [0.15, 0.2) is 0 Å². The van der Waals surface area contributed by atoms with Crippen LogP contribution in [0.1, 0.15) is 55.7 Å². The standard InChI is InChI=1S/C19H27Si.3ClH.Ti/c1-5-6-7-8-17-9-10-18(13-17)20-19-15(3)11-14(2)12-16(19)4;;;;/h10-12H,5-9,20H2,1-4H3;3*1H;/q;;;;+3/p-3. The van der Waals surface area contributed by atoms with Gasteiger partial charge in [-0.3, -0.25) is 0 Å². The van der Waals surface area contributed by atoms with E-state index in [4.69, 9.17) is 0 Å². The van der Waals surface area contributed by atoms with Crippen LogP contribution in [0.25, 0.3) is 0 Å². The third kappa shape index (κ3) is 7.02. The number of hydrogen-bond donors (Lipinski definition) is 0. The van der Waals surface area contributed by atoms with Crippen molar-refractivity contribution < 1.29 is 57.7 Å². The van der Waals surface area contributed by atoms with Crippen LogP contribution < -0.4 is 42.4 Å². The average Bonchev–Trinajstić information content (AvgIpc) is 2.75. The third-order valence-electron chi connectivity index (χ3n) is 4.56. The summed E-state index contributed by atoms with van der Waals surface area (Å²) in [7, 11) is -0.313. The fourth-order valence-corrected chi connectivity index (χ4v) is 6.12. The molecular weight excluding hydrogens is 411 g/mol. The van der Waals surface area contributed by atoms with Crippen LogP contribution in [-0.2, 0) is 20.4 Å². The molecule has 0 spiro atoms. The van der Waals surface area contributed by atoms with E-state index in [1.807, 2.05) is 0 Å². The van der Waals surface area contributed by atoms with Gasteiger partial charge in [0.1, 0.15) is 0 Å². The number of allylic oxidation sites excluding steroid dienone is 4. The van der Waals surface area contributed by atoms with Crippen LogP contribution >= 0.6 is 0 Å². The monoisotopic (exact) mass is 436 g/mol.